The van der Waals surface area contributed by atoms with Gasteiger partial charge in [-0.2, -0.15) is 5.10 Å². The molecule has 2 aromatic carbocycles. The highest BCUT2D eigenvalue weighted by Crippen LogP contribution is 2.12. The van der Waals surface area contributed by atoms with Gasteiger partial charge in [-0.05, 0) is 35.4 Å². The van der Waals surface area contributed by atoms with Gasteiger partial charge in [0.25, 0.3) is 5.91 Å². The number of ether oxygens (including phenoxy) is 2. The number of hydrogen-bond donors (Lipinski definition) is 1. The van der Waals surface area contributed by atoms with E-state index in [9.17, 15) is 9.59 Å². The molecule has 2 amide bonds. The van der Waals surface area contributed by atoms with Crippen LogP contribution in [0.1, 0.15) is 11.1 Å². The quantitative estimate of drug-likeness (QED) is 0.491. The number of rotatable bonds is 9. The van der Waals surface area contributed by atoms with E-state index in [0.717, 1.165) is 11.3 Å². The number of hydrogen-bond acceptors (Lipinski definition) is 6. The van der Waals surface area contributed by atoms with Crippen LogP contribution in [0, 0.1) is 0 Å². The Labute approximate surface area is 180 Å². The second-order valence-electron chi connectivity index (χ2n) is 6.62. The van der Waals surface area contributed by atoms with Crippen molar-refractivity contribution in [1.82, 2.24) is 10.3 Å². The molecule has 3 rings (SSSR count). The zero-order valence-corrected chi connectivity index (χ0v) is 17.5. The molecular weight excluding hydrogens is 402 g/mol. The smallest absolute Gasteiger partial charge is 0.260 e. The second kappa shape index (κ2) is 12.0. The predicted octanol–water partition coefficient (Wildman–Crippen LogP) is 2.31. The highest BCUT2D eigenvalue weighted by molar-refractivity contribution is 7.99. The third-order valence-electron chi connectivity index (χ3n) is 4.35. The summed E-state index contributed by atoms with van der Waals surface area (Å²) in [6.07, 6.45) is 1.57. The molecule has 30 heavy (non-hydrogen) atoms. The number of amides is 2. The Morgan fingerprint density at radius 2 is 1.83 bits per heavy atom. The lowest BCUT2D eigenvalue weighted by Gasteiger charge is -2.26. The lowest BCUT2D eigenvalue weighted by atomic mass is 10.2. The summed E-state index contributed by atoms with van der Waals surface area (Å²) in [5.41, 5.74) is 4.53. The molecule has 1 heterocycles. The summed E-state index contributed by atoms with van der Waals surface area (Å²) < 4.78 is 10.8. The van der Waals surface area contributed by atoms with Gasteiger partial charge >= 0.3 is 0 Å². The van der Waals surface area contributed by atoms with Crippen LogP contribution in [-0.2, 0) is 20.1 Å². The molecule has 8 heteroatoms. The molecule has 0 aromatic heterocycles. The van der Waals surface area contributed by atoms with Gasteiger partial charge in [0.15, 0.2) is 6.61 Å². The largest absolute Gasteiger partial charge is 0.484 e. The van der Waals surface area contributed by atoms with Crippen molar-refractivity contribution in [2.24, 2.45) is 5.10 Å². The third kappa shape index (κ3) is 7.53. The van der Waals surface area contributed by atoms with E-state index in [0.29, 0.717) is 37.8 Å². The van der Waals surface area contributed by atoms with Crippen LogP contribution < -0.4 is 10.2 Å². The van der Waals surface area contributed by atoms with Gasteiger partial charge in [0.2, 0.25) is 5.91 Å². The molecule has 0 atom stereocenters. The molecule has 2 aromatic rings. The number of thioether (sulfide) groups is 1. The number of benzene rings is 2. The van der Waals surface area contributed by atoms with Gasteiger partial charge in [-0.25, -0.2) is 5.43 Å². The minimum atomic E-state index is -0.145. The zero-order valence-electron chi connectivity index (χ0n) is 16.7. The van der Waals surface area contributed by atoms with Crippen LogP contribution in [0.25, 0.3) is 0 Å². The van der Waals surface area contributed by atoms with E-state index in [4.69, 9.17) is 9.47 Å². The van der Waals surface area contributed by atoms with E-state index >= 15 is 0 Å². The molecule has 0 unspecified atom stereocenters. The van der Waals surface area contributed by atoms with Crippen molar-refractivity contribution < 1.29 is 19.1 Å². The lowest BCUT2D eigenvalue weighted by molar-refractivity contribution is -0.137. The van der Waals surface area contributed by atoms with Crippen LogP contribution in [0.15, 0.2) is 59.7 Å². The van der Waals surface area contributed by atoms with E-state index in [-0.39, 0.29) is 18.4 Å². The van der Waals surface area contributed by atoms with Crippen molar-refractivity contribution in [3.05, 3.63) is 65.7 Å². The summed E-state index contributed by atoms with van der Waals surface area (Å²) in [6, 6.07) is 17.2. The first kappa shape index (κ1) is 21.9. The summed E-state index contributed by atoms with van der Waals surface area (Å²) in [7, 11) is 0. The van der Waals surface area contributed by atoms with Crippen LogP contribution in [0.4, 0.5) is 0 Å². The van der Waals surface area contributed by atoms with Crippen LogP contribution in [0.2, 0.25) is 0 Å². The Balaban J connectivity index is 1.34. The van der Waals surface area contributed by atoms with E-state index < -0.39 is 0 Å². The maximum absolute atomic E-state index is 12.1. The van der Waals surface area contributed by atoms with Crippen molar-refractivity contribution in [3.63, 3.8) is 0 Å². The van der Waals surface area contributed by atoms with Gasteiger partial charge in [-0.1, -0.05) is 30.3 Å². The normalized spacial score (nSPS) is 13.9. The zero-order chi connectivity index (χ0) is 21.0. The standard InChI is InChI=1S/C22H25N3O4S/c26-21(17-30-16-19-4-2-1-3-5-19)24-23-14-18-6-8-20(9-7-18)29-15-22(27)25-10-12-28-13-11-25/h1-9,14H,10-13,15-17H2,(H,24,26). The Hall–Kier alpha value is -2.84. The van der Waals surface area contributed by atoms with Crippen molar-refractivity contribution >= 4 is 29.8 Å². The van der Waals surface area contributed by atoms with Gasteiger partial charge in [0.1, 0.15) is 5.75 Å². The Morgan fingerprint density at radius 1 is 1.10 bits per heavy atom. The third-order valence-corrected chi connectivity index (χ3v) is 5.36. The maximum atomic E-state index is 12.1. The van der Waals surface area contributed by atoms with Crippen LogP contribution in [-0.4, -0.2) is 61.6 Å². The van der Waals surface area contributed by atoms with Crippen LogP contribution >= 0.6 is 11.8 Å². The van der Waals surface area contributed by atoms with Crippen molar-refractivity contribution in [3.8, 4) is 5.75 Å². The summed E-state index contributed by atoms with van der Waals surface area (Å²) >= 11 is 1.54. The number of nitrogens with one attached hydrogen (secondary N) is 1. The molecule has 1 aliphatic heterocycles. The van der Waals surface area contributed by atoms with Crippen molar-refractivity contribution in [2.45, 2.75) is 5.75 Å². The predicted molar refractivity (Wildman–Crippen MR) is 118 cm³/mol. The van der Waals surface area contributed by atoms with Crippen LogP contribution in [0.5, 0.6) is 5.75 Å². The fourth-order valence-electron chi connectivity index (χ4n) is 2.75. The molecule has 1 fully saturated rings. The first-order valence-electron chi connectivity index (χ1n) is 9.73. The summed E-state index contributed by atoms with van der Waals surface area (Å²) in [6.45, 7) is 2.36. The number of hydrazone groups is 1. The van der Waals surface area contributed by atoms with Gasteiger partial charge < -0.3 is 14.4 Å². The Kier molecular flexibility index (Phi) is 8.74. The fourth-order valence-corrected chi connectivity index (χ4v) is 3.53. The average Bonchev–Trinajstić information content (AvgIpc) is 2.79. The molecule has 158 valence electrons. The summed E-state index contributed by atoms with van der Waals surface area (Å²) in [5.74, 6) is 1.55. The molecule has 1 N–H and O–H groups in total. The second-order valence-corrected chi connectivity index (χ2v) is 7.61. The van der Waals surface area contributed by atoms with E-state index in [1.807, 2.05) is 42.5 Å². The number of nitrogens with zero attached hydrogens (tertiary/aromatic N) is 2. The van der Waals surface area contributed by atoms with Crippen molar-refractivity contribution in [2.75, 3.05) is 38.7 Å². The molecule has 0 bridgehead atoms. The maximum Gasteiger partial charge on any atom is 0.260 e. The highest BCUT2D eigenvalue weighted by Gasteiger charge is 2.17. The van der Waals surface area contributed by atoms with Gasteiger partial charge in [-0.3, -0.25) is 9.59 Å². The minimum Gasteiger partial charge on any atom is -0.484 e. The molecule has 7 nitrogen and oxygen atoms in total. The van der Waals surface area contributed by atoms with E-state index in [1.54, 1.807) is 35.0 Å². The number of morpholine rings is 1. The highest BCUT2D eigenvalue weighted by atomic mass is 32.2. The van der Waals surface area contributed by atoms with Crippen LogP contribution in [0.3, 0.4) is 0 Å². The average molecular weight is 428 g/mol. The number of carbonyl (C=O) groups excluding carboxylic acids is 2. The van der Waals surface area contributed by atoms with E-state index in [2.05, 4.69) is 10.5 Å². The molecule has 1 saturated heterocycles. The Morgan fingerprint density at radius 3 is 2.57 bits per heavy atom. The topological polar surface area (TPSA) is 80.2 Å². The van der Waals surface area contributed by atoms with Gasteiger partial charge in [0, 0.05) is 18.8 Å². The van der Waals surface area contributed by atoms with Gasteiger partial charge in [-0.15, -0.1) is 11.8 Å². The van der Waals surface area contributed by atoms with Gasteiger partial charge in [0.05, 0.1) is 25.2 Å². The molecule has 1 aliphatic rings. The molecule has 0 spiro atoms. The monoisotopic (exact) mass is 427 g/mol. The summed E-state index contributed by atoms with van der Waals surface area (Å²) in [5, 5.41) is 3.98. The fraction of sp³-hybridized carbons (Fsp3) is 0.318. The molecule has 0 aliphatic carbocycles. The molecule has 0 saturated carbocycles. The summed E-state index contributed by atoms with van der Waals surface area (Å²) in [4.78, 5) is 25.7. The number of carbonyl (C=O) groups is 2. The first-order chi connectivity index (χ1) is 14.7. The SMILES string of the molecule is O=C(CSCc1ccccc1)NN=Cc1ccc(OCC(=O)N2CCOCC2)cc1. The Bertz CT molecular complexity index is 837. The first-order valence-corrected chi connectivity index (χ1v) is 10.9. The molecule has 0 radical (unpaired) electrons. The van der Waals surface area contributed by atoms with Crippen molar-refractivity contribution in [1.29, 1.82) is 0 Å². The lowest BCUT2D eigenvalue weighted by Crippen LogP contribution is -2.42. The minimum absolute atomic E-state index is 0.00411. The molecular formula is C22H25N3O4S. The van der Waals surface area contributed by atoms with E-state index in [1.165, 1.54) is 5.56 Å².